The number of fused-ring (bicyclic) bond motifs is 1. The van der Waals surface area contributed by atoms with Gasteiger partial charge in [0.15, 0.2) is 0 Å². The molecule has 21 heavy (non-hydrogen) atoms. The van der Waals surface area contributed by atoms with Crippen molar-refractivity contribution in [3.8, 4) is 0 Å². The maximum Gasteiger partial charge on any atom is 0.237 e. The molecule has 118 valence electrons. The molecule has 1 aromatic rings. The number of hydrogen-bond acceptors (Lipinski definition) is 3. The molecule has 3 N–H and O–H groups in total. The molecule has 0 fully saturated rings. The maximum absolute atomic E-state index is 13.2. The molecule has 1 aromatic carbocycles. The molecule has 1 aliphatic carbocycles. The molecule has 2 unspecified atom stereocenters. The first-order valence-electron chi connectivity index (χ1n) is 6.95. The van der Waals surface area contributed by atoms with E-state index in [-0.39, 0.29) is 30.2 Å². The third kappa shape index (κ3) is 4.87. The lowest BCUT2D eigenvalue weighted by Gasteiger charge is -2.27. The average Bonchev–Trinajstić information content (AvgIpc) is 2.44. The fourth-order valence-corrected chi connectivity index (χ4v) is 3.08. The van der Waals surface area contributed by atoms with Crippen LogP contribution in [-0.4, -0.2) is 24.0 Å². The first-order valence-corrected chi connectivity index (χ1v) is 8.34. The number of aryl methyl sites for hydroxylation is 1. The molecule has 0 saturated carbocycles. The van der Waals surface area contributed by atoms with Crippen molar-refractivity contribution in [2.75, 3.05) is 12.0 Å². The van der Waals surface area contributed by atoms with Crippen LogP contribution < -0.4 is 11.1 Å². The van der Waals surface area contributed by atoms with Crippen LogP contribution in [0.15, 0.2) is 18.2 Å². The minimum Gasteiger partial charge on any atom is -0.348 e. The summed E-state index contributed by atoms with van der Waals surface area (Å²) < 4.78 is 13.2. The molecule has 0 heterocycles. The highest BCUT2D eigenvalue weighted by molar-refractivity contribution is 7.98. The predicted octanol–water partition coefficient (Wildman–Crippen LogP) is 2.82. The van der Waals surface area contributed by atoms with Crippen molar-refractivity contribution >= 4 is 30.1 Å². The Morgan fingerprint density at radius 3 is 3.05 bits per heavy atom. The van der Waals surface area contributed by atoms with Gasteiger partial charge in [0.1, 0.15) is 5.82 Å². The lowest BCUT2D eigenvalue weighted by molar-refractivity contribution is -0.123. The van der Waals surface area contributed by atoms with Gasteiger partial charge >= 0.3 is 0 Å². The van der Waals surface area contributed by atoms with E-state index < -0.39 is 6.04 Å². The van der Waals surface area contributed by atoms with Gasteiger partial charge in [-0.2, -0.15) is 11.8 Å². The highest BCUT2D eigenvalue weighted by Crippen LogP contribution is 2.30. The van der Waals surface area contributed by atoms with Gasteiger partial charge < -0.3 is 11.1 Å². The van der Waals surface area contributed by atoms with Gasteiger partial charge in [0.25, 0.3) is 0 Å². The zero-order chi connectivity index (χ0) is 14.5. The minimum atomic E-state index is -0.465. The van der Waals surface area contributed by atoms with Gasteiger partial charge in [-0.15, -0.1) is 12.4 Å². The third-order valence-corrected chi connectivity index (χ3v) is 4.35. The number of nitrogens with two attached hydrogens (primary N) is 1. The SMILES string of the molecule is CSCCC(N)C(=O)NC1CCCc2cc(F)ccc21.Cl. The Morgan fingerprint density at radius 1 is 1.57 bits per heavy atom. The van der Waals surface area contributed by atoms with E-state index in [1.807, 2.05) is 6.26 Å². The summed E-state index contributed by atoms with van der Waals surface area (Å²) in [4.78, 5) is 12.1. The molecule has 0 bridgehead atoms. The van der Waals surface area contributed by atoms with Crippen LogP contribution in [-0.2, 0) is 11.2 Å². The second kappa shape index (κ2) is 8.61. The molecular formula is C15H22ClFN2OS. The molecule has 6 heteroatoms. The average molecular weight is 333 g/mol. The highest BCUT2D eigenvalue weighted by Gasteiger charge is 2.24. The summed E-state index contributed by atoms with van der Waals surface area (Å²) in [6.45, 7) is 0. The fourth-order valence-electron chi connectivity index (χ4n) is 2.59. The number of carbonyl (C=O) groups excluding carboxylic acids is 1. The van der Waals surface area contributed by atoms with Crippen molar-refractivity contribution in [3.05, 3.63) is 35.1 Å². The van der Waals surface area contributed by atoms with Crippen LogP contribution in [0, 0.1) is 5.82 Å². The van der Waals surface area contributed by atoms with Crippen molar-refractivity contribution in [1.29, 1.82) is 0 Å². The molecule has 1 aliphatic rings. The van der Waals surface area contributed by atoms with Crippen LogP contribution in [0.5, 0.6) is 0 Å². The molecule has 0 aromatic heterocycles. The summed E-state index contributed by atoms with van der Waals surface area (Å²) in [6, 6.07) is 4.31. The van der Waals surface area contributed by atoms with Crippen LogP contribution in [0.2, 0.25) is 0 Å². The number of benzene rings is 1. The number of carbonyl (C=O) groups is 1. The Hall–Kier alpha value is -0.780. The molecule has 0 spiro atoms. The molecular weight excluding hydrogens is 311 g/mol. The first kappa shape index (κ1) is 18.3. The predicted molar refractivity (Wildman–Crippen MR) is 88.4 cm³/mol. The van der Waals surface area contributed by atoms with Crippen molar-refractivity contribution in [2.24, 2.45) is 5.73 Å². The Morgan fingerprint density at radius 2 is 2.33 bits per heavy atom. The Kier molecular flexibility index (Phi) is 7.49. The molecule has 3 nitrogen and oxygen atoms in total. The second-order valence-corrected chi connectivity index (χ2v) is 6.17. The number of amides is 1. The lowest BCUT2D eigenvalue weighted by Crippen LogP contribution is -2.43. The fraction of sp³-hybridized carbons (Fsp3) is 0.533. The molecule has 0 aliphatic heterocycles. The van der Waals surface area contributed by atoms with E-state index in [2.05, 4.69) is 5.32 Å². The van der Waals surface area contributed by atoms with Gasteiger partial charge in [0, 0.05) is 0 Å². The number of nitrogens with one attached hydrogen (secondary N) is 1. The van der Waals surface area contributed by atoms with Crippen molar-refractivity contribution < 1.29 is 9.18 Å². The van der Waals surface area contributed by atoms with E-state index in [1.54, 1.807) is 23.9 Å². The van der Waals surface area contributed by atoms with E-state index in [0.29, 0.717) is 6.42 Å². The summed E-state index contributed by atoms with van der Waals surface area (Å²) >= 11 is 1.68. The normalized spacial score (nSPS) is 18.3. The Labute approximate surface area is 135 Å². The van der Waals surface area contributed by atoms with Gasteiger partial charge in [-0.1, -0.05) is 6.07 Å². The van der Waals surface area contributed by atoms with Gasteiger partial charge in [0.2, 0.25) is 5.91 Å². The third-order valence-electron chi connectivity index (χ3n) is 3.71. The smallest absolute Gasteiger partial charge is 0.237 e. The molecule has 1 amide bonds. The Bertz CT molecular complexity index is 487. The monoisotopic (exact) mass is 332 g/mol. The van der Waals surface area contributed by atoms with Crippen molar-refractivity contribution in [2.45, 2.75) is 37.8 Å². The molecule has 2 atom stereocenters. The summed E-state index contributed by atoms with van der Waals surface area (Å²) in [5, 5.41) is 3.01. The summed E-state index contributed by atoms with van der Waals surface area (Å²) in [5.74, 6) is 0.551. The number of thioether (sulfide) groups is 1. The van der Waals surface area contributed by atoms with Crippen LogP contribution in [0.4, 0.5) is 4.39 Å². The van der Waals surface area contributed by atoms with Crippen LogP contribution in [0.25, 0.3) is 0 Å². The number of halogens is 2. The van der Waals surface area contributed by atoms with Crippen LogP contribution in [0.1, 0.15) is 36.4 Å². The number of hydrogen-bond donors (Lipinski definition) is 2. The summed E-state index contributed by atoms with van der Waals surface area (Å²) in [6.07, 6.45) is 5.39. The lowest BCUT2D eigenvalue weighted by atomic mass is 9.87. The van der Waals surface area contributed by atoms with E-state index >= 15 is 0 Å². The quantitative estimate of drug-likeness (QED) is 0.871. The molecule has 2 rings (SSSR count). The van der Waals surface area contributed by atoms with Crippen molar-refractivity contribution in [1.82, 2.24) is 5.32 Å². The van der Waals surface area contributed by atoms with Crippen molar-refractivity contribution in [3.63, 3.8) is 0 Å². The van der Waals surface area contributed by atoms with Gasteiger partial charge in [-0.05, 0) is 61.0 Å². The Balaban J connectivity index is 0.00000220. The largest absolute Gasteiger partial charge is 0.348 e. The zero-order valence-corrected chi connectivity index (χ0v) is 13.7. The standard InChI is InChI=1S/C15H21FN2OS.ClH/c1-20-8-7-13(17)15(19)18-14-4-2-3-10-9-11(16)5-6-12(10)14;/h5-6,9,13-14H,2-4,7-8,17H2,1H3,(H,18,19);1H. The topological polar surface area (TPSA) is 55.1 Å². The minimum absolute atomic E-state index is 0. The van der Waals surface area contributed by atoms with Gasteiger partial charge in [-0.3, -0.25) is 4.79 Å². The highest BCUT2D eigenvalue weighted by atomic mass is 35.5. The zero-order valence-electron chi connectivity index (χ0n) is 12.1. The van der Waals surface area contributed by atoms with Gasteiger partial charge in [0.05, 0.1) is 12.1 Å². The van der Waals surface area contributed by atoms with E-state index in [9.17, 15) is 9.18 Å². The maximum atomic E-state index is 13.2. The summed E-state index contributed by atoms with van der Waals surface area (Å²) in [7, 11) is 0. The van der Waals surface area contributed by atoms with E-state index in [4.69, 9.17) is 5.73 Å². The van der Waals surface area contributed by atoms with E-state index in [0.717, 1.165) is 36.1 Å². The molecule has 0 radical (unpaired) electrons. The van der Waals surface area contributed by atoms with Crippen LogP contribution in [0.3, 0.4) is 0 Å². The van der Waals surface area contributed by atoms with Crippen LogP contribution >= 0.6 is 24.2 Å². The number of rotatable bonds is 5. The second-order valence-electron chi connectivity index (χ2n) is 5.18. The summed E-state index contributed by atoms with van der Waals surface area (Å²) in [5.41, 5.74) is 7.91. The molecule has 0 saturated heterocycles. The first-order chi connectivity index (χ1) is 9.61. The van der Waals surface area contributed by atoms with E-state index in [1.165, 1.54) is 6.07 Å². The van der Waals surface area contributed by atoms with Gasteiger partial charge in [-0.25, -0.2) is 4.39 Å².